The zero-order chi connectivity index (χ0) is 23.2. The normalized spacial score (nSPS) is 19.0. The van der Waals surface area contributed by atoms with Crippen molar-refractivity contribution < 1.29 is 19.0 Å². The number of thioether (sulfide) groups is 1. The van der Waals surface area contributed by atoms with E-state index >= 15 is 0 Å². The van der Waals surface area contributed by atoms with Crippen molar-refractivity contribution in [3.05, 3.63) is 17.5 Å². The van der Waals surface area contributed by atoms with E-state index in [1.54, 1.807) is 17.7 Å². The van der Waals surface area contributed by atoms with E-state index in [1.165, 1.54) is 17.3 Å². The van der Waals surface area contributed by atoms with Crippen molar-refractivity contribution in [2.45, 2.75) is 56.6 Å². The van der Waals surface area contributed by atoms with Crippen LogP contribution >= 0.6 is 23.1 Å². The molecule has 3 aromatic heterocycles. The number of carbonyl (C=O) groups is 1. The van der Waals surface area contributed by atoms with Crippen molar-refractivity contribution in [1.82, 2.24) is 15.0 Å². The molecule has 0 amide bonds. The number of carbonyl (C=O) groups excluding carboxylic acids is 1. The molecular formula is C23H28N4O4S2. The molecule has 0 unspecified atom stereocenters. The number of esters is 1. The van der Waals surface area contributed by atoms with Gasteiger partial charge >= 0.3 is 5.97 Å². The lowest BCUT2D eigenvalue weighted by atomic mass is 9.90. The fourth-order valence-corrected chi connectivity index (χ4v) is 6.48. The Balaban J connectivity index is 1.66. The lowest BCUT2D eigenvalue weighted by Crippen LogP contribution is -2.39. The van der Waals surface area contributed by atoms with Gasteiger partial charge in [-0.15, -0.1) is 11.3 Å². The Hall–Kier alpha value is -2.01. The van der Waals surface area contributed by atoms with Crippen LogP contribution in [-0.2, 0) is 32.0 Å². The van der Waals surface area contributed by atoms with Crippen LogP contribution in [-0.4, -0.2) is 64.7 Å². The molecule has 0 saturated carbocycles. The Morgan fingerprint density at radius 1 is 1.30 bits per heavy atom. The number of fused-ring (bicyclic) bond motifs is 5. The molecule has 3 aromatic rings. The highest BCUT2D eigenvalue weighted by molar-refractivity contribution is 8.00. The largest absolute Gasteiger partial charge is 0.465 e. The Morgan fingerprint density at radius 3 is 2.85 bits per heavy atom. The maximum absolute atomic E-state index is 12.2. The van der Waals surface area contributed by atoms with E-state index in [0.717, 1.165) is 56.4 Å². The quantitative estimate of drug-likeness (QED) is 0.301. The predicted molar refractivity (Wildman–Crippen MR) is 130 cm³/mol. The summed E-state index contributed by atoms with van der Waals surface area (Å²) in [6.45, 7) is 11.8. The van der Waals surface area contributed by atoms with Gasteiger partial charge in [0.25, 0.3) is 0 Å². The summed E-state index contributed by atoms with van der Waals surface area (Å²) in [5, 5.41) is 1.52. The number of hydrogen-bond acceptors (Lipinski definition) is 10. The molecule has 5 rings (SSSR count). The monoisotopic (exact) mass is 488 g/mol. The minimum Gasteiger partial charge on any atom is -0.465 e. The Morgan fingerprint density at radius 2 is 2.09 bits per heavy atom. The minimum atomic E-state index is -0.355. The average Bonchev–Trinajstić information content (AvgIpc) is 3.18. The molecule has 176 valence electrons. The first-order valence-corrected chi connectivity index (χ1v) is 13.0. The maximum atomic E-state index is 12.2. The van der Waals surface area contributed by atoms with Crippen molar-refractivity contribution in [1.29, 1.82) is 0 Å². The number of pyridine rings is 1. The summed E-state index contributed by atoms with van der Waals surface area (Å²) in [6, 6.07) is 0. The van der Waals surface area contributed by atoms with Crippen LogP contribution in [0.15, 0.2) is 11.4 Å². The average molecular weight is 489 g/mol. The maximum Gasteiger partial charge on any atom is 0.319 e. The van der Waals surface area contributed by atoms with E-state index in [-0.39, 0.29) is 16.8 Å². The molecule has 10 heteroatoms. The number of morpholine rings is 1. The molecule has 1 saturated heterocycles. The van der Waals surface area contributed by atoms with Crippen molar-refractivity contribution in [3.63, 3.8) is 0 Å². The molecule has 8 nitrogen and oxygen atoms in total. The van der Waals surface area contributed by atoms with Crippen LogP contribution in [0, 0.1) is 0 Å². The van der Waals surface area contributed by atoms with Gasteiger partial charge in [-0.05, 0) is 33.3 Å². The standard InChI is InChI=1S/C23H28N4O4S2/c1-5-30-22(28)13(2)32-21-18-17(24-12-25-21)16-14-10-23(3,4)31-11-15(14)19(26-20(16)33-18)27-6-8-29-9-7-27/h12-13H,5-11H2,1-4H3/t13-/m1/s1. The molecule has 0 radical (unpaired) electrons. The third kappa shape index (κ3) is 4.29. The summed E-state index contributed by atoms with van der Waals surface area (Å²) in [6.07, 6.45) is 2.37. The van der Waals surface area contributed by atoms with E-state index in [0.29, 0.717) is 26.4 Å². The van der Waals surface area contributed by atoms with Gasteiger partial charge in [0.05, 0.1) is 42.2 Å². The van der Waals surface area contributed by atoms with Crippen LogP contribution in [0.5, 0.6) is 0 Å². The second-order valence-electron chi connectivity index (χ2n) is 8.87. The summed E-state index contributed by atoms with van der Waals surface area (Å²) in [5.74, 6) is 0.754. The SMILES string of the molecule is CCOC(=O)[C@@H](C)Sc1ncnc2c1sc1nc(N3CCOCC3)c3c(c12)CC(C)(C)OC3. The molecule has 1 fully saturated rings. The summed E-state index contributed by atoms with van der Waals surface area (Å²) >= 11 is 3.01. The van der Waals surface area contributed by atoms with Crippen LogP contribution in [0.3, 0.4) is 0 Å². The molecule has 33 heavy (non-hydrogen) atoms. The van der Waals surface area contributed by atoms with Gasteiger partial charge in [0.15, 0.2) is 0 Å². The van der Waals surface area contributed by atoms with Crippen LogP contribution in [0.1, 0.15) is 38.8 Å². The van der Waals surface area contributed by atoms with Gasteiger partial charge in [0.2, 0.25) is 0 Å². The lowest BCUT2D eigenvalue weighted by molar-refractivity contribution is -0.142. The van der Waals surface area contributed by atoms with Gasteiger partial charge < -0.3 is 19.1 Å². The third-order valence-corrected chi connectivity index (χ3v) is 8.28. The van der Waals surface area contributed by atoms with Crippen LogP contribution < -0.4 is 4.90 Å². The van der Waals surface area contributed by atoms with E-state index < -0.39 is 0 Å². The van der Waals surface area contributed by atoms with Crippen molar-refractivity contribution >= 4 is 55.3 Å². The zero-order valence-corrected chi connectivity index (χ0v) is 21.0. The molecule has 0 aromatic carbocycles. The van der Waals surface area contributed by atoms with Gasteiger partial charge in [-0.2, -0.15) is 0 Å². The summed E-state index contributed by atoms with van der Waals surface area (Å²) in [5.41, 5.74) is 3.05. The minimum absolute atomic E-state index is 0.237. The van der Waals surface area contributed by atoms with Gasteiger partial charge in [0.1, 0.15) is 27.3 Å². The fourth-order valence-electron chi connectivity index (χ4n) is 4.36. The molecule has 0 bridgehead atoms. The molecule has 0 N–H and O–H groups in total. The van der Waals surface area contributed by atoms with E-state index in [9.17, 15) is 4.79 Å². The van der Waals surface area contributed by atoms with E-state index in [1.807, 2.05) is 13.8 Å². The molecule has 2 aliphatic rings. The number of ether oxygens (including phenoxy) is 3. The van der Waals surface area contributed by atoms with Gasteiger partial charge in [-0.25, -0.2) is 15.0 Å². The van der Waals surface area contributed by atoms with E-state index in [4.69, 9.17) is 19.2 Å². The third-order valence-electron chi connectivity index (χ3n) is 5.99. The van der Waals surface area contributed by atoms with Crippen molar-refractivity contribution in [2.75, 3.05) is 37.8 Å². The van der Waals surface area contributed by atoms with Gasteiger partial charge in [0, 0.05) is 30.5 Å². The number of anilines is 1. The number of thiophene rings is 1. The van der Waals surface area contributed by atoms with E-state index in [2.05, 4.69) is 28.7 Å². The van der Waals surface area contributed by atoms with Crippen LogP contribution in [0.4, 0.5) is 5.82 Å². The number of hydrogen-bond donors (Lipinski definition) is 0. The highest BCUT2D eigenvalue weighted by Crippen LogP contribution is 2.44. The smallest absolute Gasteiger partial charge is 0.319 e. The molecular weight excluding hydrogens is 460 g/mol. The highest BCUT2D eigenvalue weighted by Gasteiger charge is 2.33. The molecule has 0 spiro atoms. The van der Waals surface area contributed by atoms with Crippen molar-refractivity contribution in [3.8, 4) is 0 Å². The first-order valence-electron chi connectivity index (χ1n) is 11.3. The molecule has 5 heterocycles. The Bertz CT molecular complexity index is 1210. The zero-order valence-electron chi connectivity index (χ0n) is 19.3. The second kappa shape index (κ2) is 8.98. The fraction of sp³-hybridized carbons (Fsp3) is 0.565. The lowest BCUT2D eigenvalue weighted by Gasteiger charge is -2.36. The topological polar surface area (TPSA) is 86.7 Å². The Kier molecular flexibility index (Phi) is 6.19. The number of aromatic nitrogens is 3. The first-order chi connectivity index (χ1) is 15.9. The first kappa shape index (κ1) is 22.8. The summed E-state index contributed by atoms with van der Waals surface area (Å²) in [4.78, 5) is 29.8. The molecule has 0 aliphatic carbocycles. The summed E-state index contributed by atoms with van der Waals surface area (Å²) in [7, 11) is 0. The molecule has 1 atom stereocenters. The number of nitrogens with zero attached hydrogens (tertiary/aromatic N) is 4. The highest BCUT2D eigenvalue weighted by atomic mass is 32.2. The Labute approximate surface area is 201 Å². The molecule has 2 aliphatic heterocycles. The second-order valence-corrected chi connectivity index (χ2v) is 11.2. The summed E-state index contributed by atoms with van der Waals surface area (Å²) < 4.78 is 17.9. The van der Waals surface area contributed by atoms with Gasteiger partial charge in [-0.3, -0.25) is 4.79 Å². The van der Waals surface area contributed by atoms with Gasteiger partial charge in [-0.1, -0.05) is 11.8 Å². The van der Waals surface area contributed by atoms with Crippen LogP contribution in [0.25, 0.3) is 20.4 Å². The van der Waals surface area contributed by atoms with Crippen LogP contribution in [0.2, 0.25) is 0 Å². The predicted octanol–water partition coefficient (Wildman–Crippen LogP) is 3.97. The number of rotatable bonds is 5. The van der Waals surface area contributed by atoms with Crippen molar-refractivity contribution in [2.24, 2.45) is 0 Å².